The van der Waals surface area contributed by atoms with E-state index in [1.807, 2.05) is 6.92 Å². The number of hydrogen-bond donors (Lipinski definition) is 2. The van der Waals surface area contributed by atoms with E-state index in [2.05, 4.69) is 30.8 Å². The maximum Gasteiger partial charge on any atom is 0.251 e. The molecule has 3 unspecified atom stereocenters. The average molecular weight is 381 g/mol. The molecule has 1 aromatic carbocycles. The molecule has 0 saturated heterocycles. The summed E-state index contributed by atoms with van der Waals surface area (Å²) in [5.41, 5.74) is 0.922. The smallest absolute Gasteiger partial charge is 0.251 e. The Balaban J connectivity index is 2.10. The topological polar surface area (TPSA) is 75.3 Å². The first-order valence-electron chi connectivity index (χ1n) is 9.63. The summed E-state index contributed by atoms with van der Waals surface area (Å²) in [6.07, 6.45) is 3.90. The van der Waals surface area contributed by atoms with E-state index < -0.39 is 10.0 Å². The average Bonchev–Trinajstić information content (AvgIpc) is 2.54. The second-order valence-electron chi connectivity index (χ2n) is 7.91. The van der Waals surface area contributed by atoms with Crippen LogP contribution in [0.15, 0.2) is 24.3 Å². The number of hydrogen-bond acceptors (Lipinski definition) is 3. The number of carbonyl (C=O) groups is 1. The molecule has 0 bridgehead atoms. The van der Waals surface area contributed by atoms with E-state index in [-0.39, 0.29) is 17.7 Å². The first kappa shape index (κ1) is 20.7. The van der Waals surface area contributed by atoms with Crippen LogP contribution in [0.5, 0.6) is 0 Å². The molecule has 1 aromatic rings. The van der Waals surface area contributed by atoms with Crippen molar-refractivity contribution in [2.24, 2.45) is 17.8 Å². The number of nitrogens with one attached hydrogen (secondary N) is 2. The molecule has 6 heteroatoms. The van der Waals surface area contributed by atoms with Gasteiger partial charge in [0.2, 0.25) is 10.0 Å². The molecule has 1 saturated carbocycles. The van der Waals surface area contributed by atoms with Crippen LogP contribution >= 0.6 is 0 Å². The highest BCUT2D eigenvalue weighted by Crippen LogP contribution is 2.33. The zero-order valence-corrected chi connectivity index (χ0v) is 17.1. The molecule has 3 atom stereocenters. The van der Waals surface area contributed by atoms with Gasteiger partial charge in [-0.05, 0) is 55.2 Å². The Hall–Kier alpha value is -1.56. The van der Waals surface area contributed by atoms with Crippen LogP contribution in [0.1, 0.15) is 63.7 Å². The lowest BCUT2D eigenvalue weighted by atomic mass is 9.74. The monoisotopic (exact) mass is 380 g/mol. The van der Waals surface area contributed by atoms with Crippen LogP contribution in [0.25, 0.3) is 0 Å². The van der Waals surface area contributed by atoms with Crippen molar-refractivity contribution in [2.75, 3.05) is 10.5 Å². The van der Waals surface area contributed by atoms with Crippen molar-refractivity contribution in [3.05, 3.63) is 29.8 Å². The summed E-state index contributed by atoms with van der Waals surface area (Å²) in [4.78, 5) is 12.7. The summed E-state index contributed by atoms with van der Waals surface area (Å²) < 4.78 is 26.4. The Bertz CT molecular complexity index is 716. The number of sulfonamides is 1. The second-order valence-corrected chi connectivity index (χ2v) is 9.75. The largest absolute Gasteiger partial charge is 0.349 e. The molecular formula is C20H32N2O3S. The fourth-order valence-electron chi connectivity index (χ4n) is 3.84. The summed E-state index contributed by atoms with van der Waals surface area (Å²) in [5.74, 6) is 1.56. The second kappa shape index (κ2) is 8.89. The van der Waals surface area contributed by atoms with Gasteiger partial charge in [-0.15, -0.1) is 0 Å². The lowest BCUT2D eigenvalue weighted by Crippen LogP contribution is -2.45. The lowest BCUT2D eigenvalue weighted by Gasteiger charge is -2.37. The van der Waals surface area contributed by atoms with Gasteiger partial charge in [0.1, 0.15) is 0 Å². The van der Waals surface area contributed by atoms with Crippen LogP contribution in [0, 0.1) is 17.8 Å². The highest BCUT2D eigenvalue weighted by molar-refractivity contribution is 7.92. The van der Waals surface area contributed by atoms with E-state index in [0.29, 0.717) is 35.4 Å². The van der Waals surface area contributed by atoms with E-state index in [4.69, 9.17) is 0 Å². The minimum Gasteiger partial charge on any atom is -0.349 e. The molecule has 0 aromatic heterocycles. The Morgan fingerprint density at radius 3 is 2.65 bits per heavy atom. The van der Waals surface area contributed by atoms with Gasteiger partial charge < -0.3 is 5.32 Å². The van der Waals surface area contributed by atoms with Gasteiger partial charge in [0.25, 0.3) is 5.91 Å². The van der Waals surface area contributed by atoms with Crippen LogP contribution in [-0.4, -0.2) is 26.1 Å². The fourth-order valence-corrected chi connectivity index (χ4v) is 4.97. The van der Waals surface area contributed by atoms with Crippen LogP contribution in [0.4, 0.5) is 5.69 Å². The number of carbonyl (C=O) groups excluding carboxylic acids is 1. The summed E-state index contributed by atoms with van der Waals surface area (Å²) in [5, 5.41) is 3.20. The number of anilines is 1. The van der Waals surface area contributed by atoms with Crippen LogP contribution in [0.3, 0.4) is 0 Å². The maximum absolute atomic E-state index is 12.7. The van der Waals surface area contributed by atoms with Crippen molar-refractivity contribution < 1.29 is 13.2 Å². The van der Waals surface area contributed by atoms with Gasteiger partial charge in [0.05, 0.1) is 5.75 Å². The van der Waals surface area contributed by atoms with Gasteiger partial charge in [-0.1, -0.05) is 40.2 Å². The fraction of sp³-hybridized carbons (Fsp3) is 0.650. The van der Waals surface area contributed by atoms with Crippen LogP contribution < -0.4 is 10.0 Å². The molecule has 0 heterocycles. The van der Waals surface area contributed by atoms with Crippen molar-refractivity contribution in [2.45, 2.75) is 59.4 Å². The van der Waals surface area contributed by atoms with Crippen molar-refractivity contribution >= 4 is 21.6 Å². The molecule has 1 fully saturated rings. The zero-order valence-electron chi connectivity index (χ0n) is 16.3. The summed E-state index contributed by atoms with van der Waals surface area (Å²) in [6, 6.07) is 6.89. The lowest BCUT2D eigenvalue weighted by molar-refractivity contribution is 0.0868. The predicted molar refractivity (Wildman–Crippen MR) is 107 cm³/mol. The SMILES string of the molecule is CCCS(=O)(=O)Nc1cccc(C(=O)NC2CC(C)CCC2C(C)C)c1. The predicted octanol–water partition coefficient (Wildman–Crippen LogP) is 4.03. The van der Waals surface area contributed by atoms with Gasteiger partial charge in [-0.3, -0.25) is 9.52 Å². The zero-order chi connectivity index (χ0) is 19.3. The Morgan fingerprint density at radius 1 is 1.27 bits per heavy atom. The molecule has 1 aliphatic rings. The molecule has 5 nitrogen and oxygen atoms in total. The van der Waals surface area contributed by atoms with Crippen molar-refractivity contribution in [3.63, 3.8) is 0 Å². The van der Waals surface area contributed by atoms with E-state index in [1.54, 1.807) is 24.3 Å². The molecule has 1 amide bonds. The molecule has 0 aliphatic heterocycles. The van der Waals surface area contributed by atoms with Gasteiger partial charge in [0.15, 0.2) is 0 Å². The summed E-state index contributed by atoms with van der Waals surface area (Å²) in [7, 11) is -3.36. The molecule has 26 heavy (non-hydrogen) atoms. The van der Waals surface area contributed by atoms with E-state index >= 15 is 0 Å². The molecule has 146 valence electrons. The Labute approximate surface area is 158 Å². The van der Waals surface area contributed by atoms with Gasteiger partial charge in [0, 0.05) is 17.3 Å². The molecule has 2 rings (SSSR count). The molecule has 0 spiro atoms. The van der Waals surface area contributed by atoms with Crippen molar-refractivity contribution in [3.8, 4) is 0 Å². The third-order valence-electron chi connectivity index (χ3n) is 5.21. The maximum atomic E-state index is 12.7. The Morgan fingerprint density at radius 2 is 2.00 bits per heavy atom. The quantitative estimate of drug-likeness (QED) is 0.750. The van der Waals surface area contributed by atoms with Crippen LogP contribution in [-0.2, 0) is 10.0 Å². The molecule has 2 N–H and O–H groups in total. The number of benzene rings is 1. The molecular weight excluding hydrogens is 348 g/mol. The van der Waals surface area contributed by atoms with Crippen LogP contribution in [0.2, 0.25) is 0 Å². The van der Waals surface area contributed by atoms with Crippen molar-refractivity contribution in [1.29, 1.82) is 0 Å². The summed E-state index contributed by atoms with van der Waals surface area (Å²) >= 11 is 0. The van der Waals surface area contributed by atoms with Gasteiger partial charge >= 0.3 is 0 Å². The van der Waals surface area contributed by atoms with Gasteiger partial charge in [-0.25, -0.2) is 8.42 Å². The molecule has 0 radical (unpaired) electrons. The minimum atomic E-state index is -3.36. The van der Waals surface area contributed by atoms with E-state index in [9.17, 15) is 13.2 Å². The number of rotatable bonds is 7. The third kappa shape index (κ3) is 5.73. The van der Waals surface area contributed by atoms with Gasteiger partial charge in [-0.2, -0.15) is 0 Å². The minimum absolute atomic E-state index is 0.0689. The summed E-state index contributed by atoms with van der Waals surface area (Å²) in [6.45, 7) is 8.48. The first-order chi connectivity index (χ1) is 12.2. The van der Waals surface area contributed by atoms with Crippen molar-refractivity contribution in [1.82, 2.24) is 5.32 Å². The molecule has 1 aliphatic carbocycles. The first-order valence-corrected chi connectivity index (χ1v) is 11.3. The third-order valence-corrected chi connectivity index (χ3v) is 6.70. The highest BCUT2D eigenvalue weighted by Gasteiger charge is 2.31. The number of amides is 1. The van der Waals surface area contributed by atoms with E-state index in [1.165, 1.54) is 6.42 Å². The van der Waals surface area contributed by atoms with E-state index in [0.717, 1.165) is 12.8 Å². The normalized spacial score (nSPS) is 23.7. The standard InChI is InChI=1S/C20H32N2O3S/c1-5-11-26(24,25)22-17-8-6-7-16(13-17)20(23)21-19-12-15(4)9-10-18(19)14(2)3/h6-8,13-15,18-19,22H,5,9-12H2,1-4H3,(H,21,23). The Kier molecular flexibility index (Phi) is 7.09. The highest BCUT2D eigenvalue weighted by atomic mass is 32.2.